The molecule has 0 aromatic rings. The van der Waals surface area contributed by atoms with Crippen LogP contribution in [0.4, 0.5) is 0 Å². The average Bonchev–Trinajstić information content (AvgIpc) is 2.87. The van der Waals surface area contributed by atoms with Crippen molar-refractivity contribution in [2.45, 2.75) is 77.6 Å². The maximum absolute atomic E-state index is 12.1. The third kappa shape index (κ3) is 2.97. The van der Waals surface area contributed by atoms with Crippen molar-refractivity contribution in [1.82, 2.24) is 0 Å². The number of hydrogen-bond donors (Lipinski definition) is 0. The number of esters is 1. The Kier molecular flexibility index (Phi) is 4.00. The highest BCUT2D eigenvalue weighted by Gasteiger charge is 2.62. The standard InChI is InChI=1S/C13H24O3/c1-6-8-9-13(10(7-2)15-13)11(14)16-12(3,4)5/h10H,6-9H2,1-5H3/t10-,13+/m1/s1. The Bertz CT molecular complexity index is 254. The summed E-state index contributed by atoms with van der Waals surface area (Å²) in [5.41, 5.74) is -1.06. The zero-order valence-electron chi connectivity index (χ0n) is 11.1. The van der Waals surface area contributed by atoms with Gasteiger partial charge in [-0.3, -0.25) is 0 Å². The van der Waals surface area contributed by atoms with E-state index in [2.05, 4.69) is 6.92 Å². The summed E-state index contributed by atoms with van der Waals surface area (Å²) in [5, 5.41) is 0. The number of unbranched alkanes of at least 4 members (excludes halogenated alkanes) is 1. The van der Waals surface area contributed by atoms with E-state index in [1.54, 1.807) is 0 Å². The van der Waals surface area contributed by atoms with Crippen LogP contribution in [-0.2, 0) is 14.3 Å². The Morgan fingerprint density at radius 1 is 1.38 bits per heavy atom. The average molecular weight is 228 g/mol. The van der Waals surface area contributed by atoms with E-state index < -0.39 is 11.2 Å². The molecule has 3 nitrogen and oxygen atoms in total. The van der Waals surface area contributed by atoms with Gasteiger partial charge in [-0.25, -0.2) is 4.79 Å². The van der Waals surface area contributed by atoms with Crippen LogP contribution in [0.3, 0.4) is 0 Å². The molecule has 1 fully saturated rings. The van der Waals surface area contributed by atoms with Gasteiger partial charge in [0.25, 0.3) is 0 Å². The van der Waals surface area contributed by atoms with Crippen LogP contribution in [0.25, 0.3) is 0 Å². The van der Waals surface area contributed by atoms with Crippen molar-refractivity contribution in [3.63, 3.8) is 0 Å². The maximum atomic E-state index is 12.1. The molecule has 0 spiro atoms. The topological polar surface area (TPSA) is 38.8 Å². The van der Waals surface area contributed by atoms with Crippen molar-refractivity contribution >= 4 is 5.97 Å². The molecule has 0 aromatic heterocycles. The molecule has 1 saturated heterocycles. The SMILES string of the molecule is CCCC[C@]1(C(=O)OC(C)(C)C)O[C@@H]1CC. The second-order valence-corrected chi connectivity index (χ2v) is 5.51. The molecule has 0 aromatic carbocycles. The number of carbonyl (C=O) groups excluding carboxylic acids is 1. The number of rotatable bonds is 5. The predicted octanol–water partition coefficient (Wildman–Crippen LogP) is 3.07. The van der Waals surface area contributed by atoms with Gasteiger partial charge < -0.3 is 9.47 Å². The molecule has 0 radical (unpaired) electrons. The molecule has 2 atom stereocenters. The maximum Gasteiger partial charge on any atom is 0.341 e. The quantitative estimate of drug-likeness (QED) is 0.536. The van der Waals surface area contributed by atoms with E-state index in [-0.39, 0.29) is 12.1 Å². The molecule has 0 saturated carbocycles. The molecule has 1 rings (SSSR count). The largest absolute Gasteiger partial charge is 0.458 e. The minimum absolute atomic E-state index is 0.0638. The summed E-state index contributed by atoms with van der Waals surface area (Å²) in [6.07, 6.45) is 3.81. The van der Waals surface area contributed by atoms with Crippen molar-refractivity contribution in [3.8, 4) is 0 Å². The fraction of sp³-hybridized carbons (Fsp3) is 0.923. The van der Waals surface area contributed by atoms with Crippen molar-refractivity contribution in [1.29, 1.82) is 0 Å². The van der Waals surface area contributed by atoms with Crippen LogP contribution in [0.1, 0.15) is 60.3 Å². The number of carbonyl (C=O) groups is 1. The monoisotopic (exact) mass is 228 g/mol. The van der Waals surface area contributed by atoms with Gasteiger partial charge >= 0.3 is 5.97 Å². The minimum Gasteiger partial charge on any atom is -0.458 e. The smallest absolute Gasteiger partial charge is 0.341 e. The van der Waals surface area contributed by atoms with Crippen LogP contribution in [0.5, 0.6) is 0 Å². The van der Waals surface area contributed by atoms with Gasteiger partial charge in [0.05, 0.1) is 6.10 Å². The summed E-state index contributed by atoms with van der Waals surface area (Å²) in [7, 11) is 0. The Balaban J connectivity index is 2.61. The molecule has 1 heterocycles. The second kappa shape index (κ2) is 4.74. The lowest BCUT2D eigenvalue weighted by molar-refractivity contribution is -0.161. The van der Waals surface area contributed by atoms with Crippen molar-refractivity contribution in [2.24, 2.45) is 0 Å². The first kappa shape index (κ1) is 13.5. The minimum atomic E-state index is -0.627. The normalized spacial score (nSPS) is 28.9. The molecule has 0 amide bonds. The van der Waals surface area contributed by atoms with Crippen molar-refractivity contribution in [3.05, 3.63) is 0 Å². The molecule has 94 valence electrons. The number of ether oxygens (including phenoxy) is 2. The Hall–Kier alpha value is -0.570. The molecule has 16 heavy (non-hydrogen) atoms. The van der Waals surface area contributed by atoms with Crippen LogP contribution >= 0.6 is 0 Å². The first-order valence-electron chi connectivity index (χ1n) is 6.27. The summed E-state index contributed by atoms with van der Waals surface area (Å²) in [5.74, 6) is -0.180. The molecule has 0 aliphatic carbocycles. The van der Waals surface area contributed by atoms with E-state index in [0.29, 0.717) is 0 Å². The van der Waals surface area contributed by atoms with Gasteiger partial charge in [0.1, 0.15) is 5.60 Å². The van der Waals surface area contributed by atoms with Crippen LogP contribution in [0, 0.1) is 0 Å². The number of hydrogen-bond acceptors (Lipinski definition) is 3. The summed E-state index contributed by atoms with van der Waals surface area (Å²) < 4.78 is 11.0. The van der Waals surface area contributed by atoms with Gasteiger partial charge in [-0.1, -0.05) is 26.7 Å². The highest BCUT2D eigenvalue weighted by molar-refractivity contribution is 5.83. The molecule has 1 aliphatic rings. The lowest BCUT2D eigenvalue weighted by Crippen LogP contribution is -2.35. The molecule has 0 N–H and O–H groups in total. The van der Waals surface area contributed by atoms with Gasteiger partial charge in [-0.2, -0.15) is 0 Å². The summed E-state index contributed by atoms with van der Waals surface area (Å²) in [6.45, 7) is 9.83. The Morgan fingerprint density at radius 3 is 2.38 bits per heavy atom. The van der Waals surface area contributed by atoms with Crippen molar-refractivity contribution in [2.75, 3.05) is 0 Å². The third-order valence-electron chi connectivity index (χ3n) is 2.83. The summed E-state index contributed by atoms with van der Waals surface area (Å²) >= 11 is 0. The van der Waals surface area contributed by atoms with Gasteiger partial charge in [0.2, 0.25) is 0 Å². The lowest BCUT2D eigenvalue weighted by Gasteiger charge is -2.22. The van der Waals surface area contributed by atoms with E-state index in [1.165, 1.54) is 0 Å². The van der Waals surface area contributed by atoms with Gasteiger partial charge in [0.15, 0.2) is 5.60 Å². The summed E-state index contributed by atoms with van der Waals surface area (Å²) in [4.78, 5) is 12.1. The molecule has 3 heteroatoms. The fourth-order valence-corrected chi connectivity index (χ4v) is 1.94. The Morgan fingerprint density at radius 2 is 2.00 bits per heavy atom. The molecule has 1 aliphatic heterocycles. The molecule has 0 unspecified atom stereocenters. The number of epoxide rings is 1. The molecular weight excluding hydrogens is 204 g/mol. The van der Waals surface area contributed by atoms with E-state index in [0.717, 1.165) is 25.7 Å². The third-order valence-corrected chi connectivity index (χ3v) is 2.83. The molecular formula is C13H24O3. The van der Waals surface area contributed by atoms with Crippen molar-refractivity contribution < 1.29 is 14.3 Å². The zero-order chi connectivity index (χ0) is 12.4. The highest BCUT2D eigenvalue weighted by Crippen LogP contribution is 2.44. The first-order valence-corrected chi connectivity index (χ1v) is 6.27. The van der Waals surface area contributed by atoms with Gasteiger partial charge in [-0.05, 0) is 33.6 Å². The van der Waals surface area contributed by atoms with E-state index in [1.807, 2.05) is 27.7 Å². The Labute approximate surface area is 98.5 Å². The lowest BCUT2D eigenvalue weighted by atomic mass is 9.96. The molecule has 0 bridgehead atoms. The van der Waals surface area contributed by atoms with Crippen LogP contribution in [0.2, 0.25) is 0 Å². The van der Waals surface area contributed by atoms with Crippen LogP contribution < -0.4 is 0 Å². The predicted molar refractivity (Wildman–Crippen MR) is 63.3 cm³/mol. The fourth-order valence-electron chi connectivity index (χ4n) is 1.94. The highest BCUT2D eigenvalue weighted by atomic mass is 16.7. The van der Waals surface area contributed by atoms with Crippen LogP contribution in [0.15, 0.2) is 0 Å². The van der Waals surface area contributed by atoms with Crippen LogP contribution in [-0.4, -0.2) is 23.3 Å². The van der Waals surface area contributed by atoms with Gasteiger partial charge in [-0.15, -0.1) is 0 Å². The van der Waals surface area contributed by atoms with Gasteiger partial charge in [0, 0.05) is 0 Å². The van der Waals surface area contributed by atoms with E-state index in [4.69, 9.17) is 9.47 Å². The van der Waals surface area contributed by atoms with E-state index >= 15 is 0 Å². The first-order chi connectivity index (χ1) is 7.35. The zero-order valence-corrected chi connectivity index (χ0v) is 11.1. The second-order valence-electron chi connectivity index (χ2n) is 5.51. The van der Waals surface area contributed by atoms with E-state index in [9.17, 15) is 4.79 Å². The summed E-state index contributed by atoms with van der Waals surface area (Å²) in [6, 6.07) is 0.